The van der Waals surface area contributed by atoms with Gasteiger partial charge in [0.05, 0.1) is 16.5 Å². The molecule has 0 aliphatic rings. The minimum atomic E-state index is -0.214. The summed E-state index contributed by atoms with van der Waals surface area (Å²) < 4.78 is 1.96. The molecule has 31 heavy (non-hydrogen) atoms. The van der Waals surface area contributed by atoms with Crippen molar-refractivity contribution >= 4 is 46.6 Å². The van der Waals surface area contributed by atoms with Gasteiger partial charge in [0.15, 0.2) is 11.0 Å². The highest BCUT2D eigenvalue weighted by Gasteiger charge is 2.17. The number of hydrogen-bond donors (Lipinski definition) is 1. The van der Waals surface area contributed by atoms with Crippen molar-refractivity contribution < 1.29 is 4.79 Å². The highest BCUT2D eigenvalue weighted by molar-refractivity contribution is 7.99. The quantitative estimate of drug-likeness (QED) is 0.338. The number of rotatable bonds is 6. The maximum atomic E-state index is 12.5. The molecule has 0 aliphatic carbocycles. The molecular weight excluding hydrogens is 451 g/mol. The van der Waals surface area contributed by atoms with Gasteiger partial charge in [-0.25, -0.2) is 0 Å². The van der Waals surface area contributed by atoms with Crippen LogP contribution in [0.1, 0.15) is 5.56 Å². The minimum absolute atomic E-state index is 0.141. The summed E-state index contributed by atoms with van der Waals surface area (Å²) in [6.07, 6.45) is 0. The van der Waals surface area contributed by atoms with Crippen molar-refractivity contribution in [3.63, 3.8) is 0 Å². The summed E-state index contributed by atoms with van der Waals surface area (Å²) in [7, 11) is 0. The van der Waals surface area contributed by atoms with Crippen LogP contribution in [0.3, 0.4) is 0 Å². The van der Waals surface area contributed by atoms with Crippen LogP contribution >= 0.6 is 35.0 Å². The first kappa shape index (κ1) is 21.4. The zero-order chi connectivity index (χ0) is 21.8. The van der Waals surface area contributed by atoms with Crippen LogP contribution < -0.4 is 5.32 Å². The Morgan fingerprint density at radius 3 is 2.58 bits per heavy atom. The lowest BCUT2D eigenvalue weighted by molar-refractivity contribution is -0.113. The summed E-state index contributed by atoms with van der Waals surface area (Å²) in [5, 5.41) is 13.1. The van der Waals surface area contributed by atoms with E-state index in [1.165, 1.54) is 11.8 Å². The Kier molecular flexibility index (Phi) is 6.61. The molecule has 0 bridgehead atoms. The first-order valence-corrected chi connectivity index (χ1v) is 11.2. The van der Waals surface area contributed by atoms with E-state index in [0.717, 1.165) is 22.6 Å². The van der Waals surface area contributed by atoms with Gasteiger partial charge in [0.25, 0.3) is 0 Å². The zero-order valence-corrected chi connectivity index (χ0v) is 18.9. The second kappa shape index (κ2) is 9.56. The SMILES string of the molecule is Cc1cccc(-c2nnc(SCC(=O)Nc3cc(Cl)ccc3Cl)n2-c2ccccc2)c1. The number of carbonyl (C=O) groups excluding carboxylic acids is 1. The van der Waals surface area contributed by atoms with Crippen molar-refractivity contribution in [2.45, 2.75) is 12.1 Å². The molecule has 0 fully saturated rings. The van der Waals surface area contributed by atoms with Gasteiger partial charge in [-0.15, -0.1) is 10.2 Å². The number of thioether (sulfide) groups is 1. The van der Waals surface area contributed by atoms with Crippen molar-refractivity contribution in [3.05, 3.63) is 88.4 Å². The summed E-state index contributed by atoms with van der Waals surface area (Å²) in [6.45, 7) is 2.04. The average molecular weight is 469 g/mol. The third kappa shape index (κ3) is 5.10. The van der Waals surface area contributed by atoms with Gasteiger partial charge in [0.2, 0.25) is 5.91 Å². The number of nitrogens with zero attached hydrogens (tertiary/aromatic N) is 3. The van der Waals surface area contributed by atoms with Crippen LogP contribution in [0.5, 0.6) is 0 Å². The molecule has 4 aromatic rings. The van der Waals surface area contributed by atoms with E-state index in [0.29, 0.717) is 20.9 Å². The third-order valence-electron chi connectivity index (χ3n) is 4.46. The number of nitrogens with one attached hydrogen (secondary N) is 1. The first-order chi connectivity index (χ1) is 15.0. The normalized spacial score (nSPS) is 10.8. The topological polar surface area (TPSA) is 59.8 Å². The number of anilines is 1. The molecule has 0 saturated carbocycles. The van der Waals surface area contributed by atoms with Crippen molar-refractivity contribution in [3.8, 4) is 17.1 Å². The van der Waals surface area contributed by atoms with E-state index in [1.54, 1.807) is 18.2 Å². The Bertz CT molecular complexity index is 1230. The molecule has 4 rings (SSSR count). The van der Waals surface area contributed by atoms with Gasteiger partial charge in [0.1, 0.15) is 0 Å². The van der Waals surface area contributed by atoms with Gasteiger partial charge < -0.3 is 5.32 Å². The molecule has 3 aromatic carbocycles. The number of carbonyl (C=O) groups is 1. The molecule has 1 aromatic heterocycles. The fourth-order valence-electron chi connectivity index (χ4n) is 3.05. The van der Waals surface area contributed by atoms with Crippen molar-refractivity contribution in [2.24, 2.45) is 0 Å². The van der Waals surface area contributed by atoms with E-state index in [-0.39, 0.29) is 11.7 Å². The third-order valence-corrected chi connectivity index (χ3v) is 5.95. The Morgan fingerprint density at radius 1 is 1.00 bits per heavy atom. The number of benzene rings is 3. The van der Waals surface area contributed by atoms with Crippen molar-refractivity contribution in [1.82, 2.24) is 14.8 Å². The van der Waals surface area contributed by atoms with E-state index in [9.17, 15) is 4.79 Å². The molecule has 0 aliphatic heterocycles. The number of halogens is 2. The van der Waals surface area contributed by atoms with Crippen LogP contribution in [0, 0.1) is 6.92 Å². The summed E-state index contributed by atoms with van der Waals surface area (Å²) >= 11 is 13.4. The number of aryl methyl sites for hydroxylation is 1. The lowest BCUT2D eigenvalue weighted by atomic mass is 10.1. The van der Waals surface area contributed by atoms with Crippen LogP contribution in [0.4, 0.5) is 5.69 Å². The number of amides is 1. The smallest absolute Gasteiger partial charge is 0.234 e. The van der Waals surface area contributed by atoms with Gasteiger partial charge >= 0.3 is 0 Å². The van der Waals surface area contributed by atoms with Gasteiger partial charge in [-0.1, -0.05) is 76.9 Å². The Labute approximate surface area is 194 Å². The monoisotopic (exact) mass is 468 g/mol. The molecule has 8 heteroatoms. The number of aromatic nitrogens is 3. The predicted octanol–water partition coefficient (Wildman–Crippen LogP) is 6.28. The molecule has 1 amide bonds. The Morgan fingerprint density at radius 2 is 1.81 bits per heavy atom. The van der Waals surface area contributed by atoms with E-state index in [1.807, 2.05) is 60.0 Å². The van der Waals surface area contributed by atoms with Crippen LogP contribution in [0.2, 0.25) is 10.0 Å². The maximum absolute atomic E-state index is 12.5. The van der Waals surface area contributed by atoms with Gasteiger partial charge in [0, 0.05) is 16.3 Å². The number of hydrogen-bond acceptors (Lipinski definition) is 4. The largest absolute Gasteiger partial charge is 0.324 e. The highest BCUT2D eigenvalue weighted by atomic mass is 35.5. The van der Waals surface area contributed by atoms with Gasteiger partial charge in [-0.2, -0.15) is 0 Å². The summed E-state index contributed by atoms with van der Waals surface area (Å²) in [6, 6.07) is 22.9. The standard InChI is InChI=1S/C23H18Cl2N4OS/c1-15-6-5-7-16(12-15)22-27-28-23(29(22)18-8-3-2-4-9-18)31-14-21(30)26-20-13-17(24)10-11-19(20)25/h2-13H,14H2,1H3,(H,26,30). The van der Waals surface area contributed by atoms with Crippen LogP contribution in [-0.2, 0) is 4.79 Å². The van der Waals surface area contributed by atoms with Gasteiger partial charge in [-0.3, -0.25) is 9.36 Å². The minimum Gasteiger partial charge on any atom is -0.324 e. The molecule has 5 nitrogen and oxygen atoms in total. The molecule has 0 unspecified atom stereocenters. The van der Waals surface area contributed by atoms with E-state index in [2.05, 4.69) is 21.6 Å². The second-order valence-electron chi connectivity index (χ2n) is 6.81. The van der Waals surface area contributed by atoms with Crippen molar-refractivity contribution in [1.29, 1.82) is 0 Å². The van der Waals surface area contributed by atoms with E-state index < -0.39 is 0 Å². The van der Waals surface area contributed by atoms with E-state index >= 15 is 0 Å². The van der Waals surface area contributed by atoms with Crippen LogP contribution in [0.15, 0.2) is 78.0 Å². The molecule has 156 valence electrons. The second-order valence-corrected chi connectivity index (χ2v) is 8.59. The fourth-order valence-corrected chi connectivity index (χ4v) is 4.14. The molecule has 1 heterocycles. The van der Waals surface area contributed by atoms with Gasteiger partial charge in [-0.05, 0) is 43.3 Å². The molecule has 0 atom stereocenters. The summed E-state index contributed by atoms with van der Waals surface area (Å²) in [4.78, 5) is 12.5. The fraction of sp³-hybridized carbons (Fsp3) is 0.0870. The first-order valence-electron chi connectivity index (χ1n) is 9.47. The van der Waals surface area contributed by atoms with E-state index in [4.69, 9.17) is 23.2 Å². The lowest BCUT2D eigenvalue weighted by Gasteiger charge is -2.11. The average Bonchev–Trinajstić information content (AvgIpc) is 3.19. The predicted molar refractivity (Wildman–Crippen MR) is 127 cm³/mol. The molecule has 0 saturated heterocycles. The lowest BCUT2D eigenvalue weighted by Crippen LogP contribution is -2.15. The molecular formula is C23H18Cl2N4OS. The number of para-hydroxylation sites is 1. The maximum Gasteiger partial charge on any atom is 0.234 e. The highest BCUT2D eigenvalue weighted by Crippen LogP contribution is 2.29. The summed E-state index contributed by atoms with van der Waals surface area (Å²) in [5.74, 6) is 0.645. The molecule has 1 N–H and O–H groups in total. The Balaban J connectivity index is 1.60. The summed E-state index contributed by atoms with van der Waals surface area (Å²) in [5.41, 5.74) is 3.49. The Hall–Kier alpha value is -2.80. The molecule has 0 spiro atoms. The molecule has 0 radical (unpaired) electrons. The van der Waals surface area contributed by atoms with Crippen LogP contribution in [0.25, 0.3) is 17.1 Å². The van der Waals surface area contributed by atoms with Crippen LogP contribution in [-0.4, -0.2) is 26.4 Å². The van der Waals surface area contributed by atoms with Crippen molar-refractivity contribution in [2.75, 3.05) is 11.1 Å². The zero-order valence-electron chi connectivity index (χ0n) is 16.5.